The summed E-state index contributed by atoms with van der Waals surface area (Å²) in [5.41, 5.74) is 0.716. The first-order valence-electron chi connectivity index (χ1n) is 4.18. The van der Waals surface area contributed by atoms with Gasteiger partial charge in [0.2, 0.25) is 0 Å². The molecule has 0 saturated heterocycles. The van der Waals surface area contributed by atoms with Crippen LogP contribution in [0.2, 0.25) is 0 Å². The first-order valence-corrected chi connectivity index (χ1v) is 4.62. The molecule has 2 unspecified atom stereocenters. The fourth-order valence-corrected chi connectivity index (χ4v) is 1.32. The number of halogens is 1. The van der Waals surface area contributed by atoms with Gasteiger partial charge in [0.15, 0.2) is 0 Å². The molecule has 3 nitrogen and oxygen atoms in total. The minimum atomic E-state index is -1.75. The number of hydrogen-bond acceptors (Lipinski definition) is 2. The molecule has 14 heavy (non-hydrogen) atoms. The molecule has 2 N–H and O–H groups in total. The third-order valence-corrected chi connectivity index (χ3v) is 2.50. The molecular weight excluding hydrogens is 202 g/mol. The lowest BCUT2D eigenvalue weighted by Gasteiger charge is -2.37. The Morgan fingerprint density at radius 2 is 2.07 bits per heavy atom. The van der Waals surface area contributed by atoms with Crippen LogP contribution in [0.5, 0.6) is 0 Å². The molecule has 0 amide bonds. The third kappa shape index (κ3) is 2.47. The van der Waals surface area contributed by atoms with E-state index in [1.807, 2.05) is 18.2 Å². The van der Waals surface area contributed by atoms with Crippen LogP contribution in [0.1, 0.15) is 17.9 Å². The van der Waals surface area contributed by atoms with Gasteiger partial charge in [-0.25, -0.2) is 5.41 Å². The third-order valence-electron chi connectivity index (χ3n) is 1.85. The predicted octanol–water partition coefficient (Wildman–Crippen LogP) is -0.153. The van der Waals surface area contributed by atoms with Crippen LogP contribution < -0.4 is 10.5 Å². The Bertz CT molecular complexity index is 300. The van der Waals surface area contributed by atoms with Crippen molar-refractivity contribution in [1.82, 2.24) is 0 Å². The molecule has 1 rings (SSSR count). The molecule has 0 fully saturated rings. The second-order valence-corrected chi connectivity index (χ2v) is 3.48. The van der Waals surface area contributed by atoms with E-state index in [9.17, 15) is 5.11 Å². The summed E-state index contributed by atoms with van der Waals surface area (Å²) >= 11 is 5.96. The maximum absolute atomic E-state index is 11.7. The van der Waals surface area contributed by atoms with Gasteiger partial charge in [-0.2, -0.15) is 0 Å². The van der Waals surface area contributed by atoms with E-state index in [1.54, 1.807) is 12.1 Å². The van der Waals surface area contributed by atoms with Gasteiger partial charge in [-0.15, -0.1) is 11.6 Å². The van der Waals surface area contributed by atoms with Gasteiger partial charge in [0.05, 0.1) is 11.2 Å². The molecule has 0 aliphatic heterocycles. The lowest BCUT2D eigenvalue weighted by Crippen LogP contribution is -2.50. The van der Waals surface area contributed by atoms with Crippen LogP contribution in [0.15, 0.2) is 30.3 Å². The number of nitrogens with two attached hydrogens (primary N) is 1. The van der Waals surface area contributed by atoms with E-state index < -0.39 is 11.2 Å². The van der Waals surface area contributed by atoms with E-state index in [0.717, 1.165) is 6.40 Å². The quantitative estimate of drug-likeness (QED) is 0.327. The van der Waals surface area contributed by atoms with Crippen LogP contribution in [-0.4, -0.2) is 12.2 Å². The van der Waals surface area contributed by atoms with Gasteiger partial charge < -0.3 is 9.84 Å². The van der Waals surface area contributed by atoms with Crippen molar-refractivity contribution < 1.29 is 15.3 Å². The van der Waals surface area contributed by atoms with Crippen LogP contribution >= 0.6 is 11.6 Å². The van der Waals surface area contributed by atoms with Crippen LogP contribution in [0, 0.1) is 0 Å². The van der Waals surface area contributed by atoms with Crippen molar-refractivity contribution in [3.8, 4) is 0 Å². The van der Waals surface area contributed by atoms with E-state index in [0.29, 0.717) is 5.56 Å². The predicted molar refractivity (Wildman–Crippen MR) is 52.5 cm³/mol. The zero-order valence-corrected chi connectivity index (χ0v) is 8.57. The Labute approximate surface area is 87.8 Å². The van der Waals surface area contributed by atoms with Crippen molar-refractivity contribution in [2.24, 2.45) is 0 Å². The highest BCUT2D eigenvalue weighted by atomic mass is 35.5. The van der Waals surface area contributed by atoms with Gasteiger partial charge in [0, 0.05) is 0 Å². The molecule has 0 radical (unpaired) electrons. The molecule has 0 aromatic heterocycles. The van der Waals surface area contributed by atoms with E-state index >= 15 is 0 Å². The minimum absolute atomic E-state index is 0.716. The van der Waals surface area contributed by atoms with Crippen LogP contribution in [0.4, 0.5) is 0 Å². The molecular formula is C10H12ClNO2. The van der Waals surface area contributed by atoms with Gasteiger partial charge >= 0.3 is 6.40 Å². The van der Waals surface area contributed by atoms with Crippen molar-refractivity contribution in [1.29, 1.82) is 0 Å². The van der Waals surface area contributed by atoms with E-state index in [1.165, 1.54) is 6.92 Å². The molecule has 1 aromatic rings. The first-order chi connectivity index (χ1) is 6.58. The lowest BCUT2D eigenvalue weighted by atomic mass is 10.1. The molecule has 0 heterocycles. The number of benzene rings is 1. The van der Waals surface area contributed by atoms with Crippen molar-refractivity contribution in [3.05, 3.63) is 35.9 Å². The van der Waals surface area contributed by atoms with Gasteiger partial charge in [-0.1, -0.05) is 30.3 Å². The summed E-state index contributed by atoms with van der Waals surface area (Å²) in [6, 6.07) is 9.02. The van der Waals surface area contributed by atoms with Gasteiger partial charge in [0.25, 0.3) is 0 Å². The normalized spacial score (nSPS) is 16.8. The highest BCUT2D eigenvalue weighted by molar-refractivity contribution is 6.21. The summed E-state index contributed by atoms with van der Waals surface area (Å²) in [5.74, 6) is -1.75. The Morgan fingerprint density at radius 3 is 2.57 bits per heavy atom. The van der Waals surface area contributed by atoms with Crippen molar-refractivity contribution in [2.75, 3.05) is 0 Å². The highest BCUT2D eigenvalue weighted by Gasteiger charge is 2.24. The Balaban J connectivity index is 2.84. The lowest BCUT2D eigenvalue weighted by molar-refractivity contribution is -0.537. The number of hydrogen-bond donors (Lipinski definition) is 1. The largest absolute Gasteiger partial charge is 0.817 e. The molecule has 0 aliphatic rings. The molecule has 0 saturated carbocycles. The molecule has 76 valence electrons. The summed E-state index contributed by atoms with van der Waals surface area (Å²) < 4.78 is 4.71. The molecule has 0 aliphatic carbocycles. The Kier molecular flexibility index (Phi) is 3.49. The molecule has 0 spiro atoms. The smallest absolute Gasteiger partial charge is 0.319 e. The Morgan fingerprint density at radius 1 is 1.50 bits per heavy atom. The maximum Gasteiger partial charge on any atom is 0.319 e. The standard InChI is InChI=1S/C10H11ClNO2/c1-10(13,14-7-12)9(11)8-5-3-2-4-6-8/h2-7,9,12H,1H3/q-1/p+1. The second-order valence-electron chi connectivity index (χ2n) is 3.04. The number of ether oxygens (including phenoxy) is 1. The van der Waals surface area contributed by atoms with E-state index in [2.05, 4.69) is 0 Å². The fourth-order valence-electron chi connectivity index (χ4n) is 1.12. The SMILES string of the molecule is CC([O-])(OC=[NH2+])C(Cl)c1ccccc1. The van der Waals surface area contributed by atoms with Gasteiger partial charge in [0.1, 0.15) is 0 Å². The second kappa shape index (κ2) is 4.44. The van der Waals surface area contributed by atoms with Crippen molar-refractivity contribution >= 4 is 18.0 Å². The zero-order chi connectivity index (χ0) is 10.6. The molecule has 1 aromatic carbocycles. The van der Waals surface area contributed by atoms with E-state index in [-0.39, 0.29) is 0 Å². The first kappa shape index (κ1) is 11.0. The Hall–Kier alpha value is -1.06. The summed E-state index contributed by atoms with van der Waals surface area (Å²) in [6.07, 6.45) is 0.866. The van der Waals surface area contributed by atoms with Crippen LogP contribution in [0.3, 0.4) is 0 Å². The summed E-state index contributed by atoms with van der Waals surface area (Å²) in [7, 11) is 0. The van der Waals surface area contributed by atoms with Crippen molar-refractivity contribution in [2.45, 2.75) is 18.1 Å². The fraction of sp³-hybridized carbons (Fsp3) is 0.300. The summed E-state index contributed by atoms with van der Waals surface area (Å²) in [4.78, 5) is 0. The van der Waals surface area contributed by atoms with Crippen LogP contribution in [-0.2, 0) is 4.74 Å². The topological polar surface area (TPSA) is 57.9 Å². The molecule has 4 heteroatoms. The summed E-state index contributed by atoms with van der Waals surface area (Å²) in [6.45, 7) is 1.35. The number of alkyl halides is 1. The monoisotopic (exact) mass is 213 g/mol. The van der Waals surface area contributed by atoms with Gasteiger partial charge in [-0.3, -0.25) is 0 Å². The highest BCUT2D eigenvalue weighted by Crippen LogP contribution is 2.30. The maximum atomic E-state index is 11.7. The van der Waals surface area contributed by atoms with E-state index in [4.69, 9.17) is 21.7 Å². The van der Waals surface area contributed by atoms with Crippen molar-refractivity contribution in [3.63, 3.8) is 0 Å². The molecule has 2 atom stereocenters. The molecule has 0 bridgehead atoms. The van der Waals surface area contributed by atoms with Gasteiger partial charge in [-0.05, 0) is 12.5 Å². The zero-order valence-electron chi connectivity index (χ0n) is 7.81. The summed E-state index contributed by atoms with van der Waals surface area (Å²) in [5, 5.41) is 16.0. The number of rotatable bonds is 4. The average molecular weight is 214 g/mol. The average Bonchev–Trinajstić information content (AvgIpc) is 2.18. The van der Waals surface area contributed by atoms with Crippen LogP contribution in [0.25, 0.3) is 0 Å². The minimum Gasteiger partial charge on any atom is -0.817 e.